The highest BCUT2D eigenvalue weighted by atomic mass is 32.1. The Hall–Kier alpha value is -3.07. The van der Waals surface area contributed by atoms with Gasteiger partial charge < -0.3 is 10.3 Å². The van der Waals surface area contributed by atoms with Crippen LogP contribution in [0.15, 0.2) is 51.6 Å². The highest BCUT2D eigenvalue weighted by Gasteiger charge is 2.08. The van der Waals surface area contributed by atoms with Crippen molar-refractivity contribution in [2.45, 2.75) is 6.54 Å². The molecule has 0 saturated heterocycles. The van der Waals surface area contributed by atoms with Crippen LogP contribution < -0.4 is 16.4 Å². The van der Waals surface area contributed by atoms with Gasteiger partial charge in [-0.2, -0.15) is 5.10 Å². The lowest BCUT2D eigenvalue weighted by molar-refractivity contribution is 0.0946. The smallest absolute Gasteiger partial charge is 0.270 e. The minimum atomic E-state index is -0.483. The number of carbonyl (C=O) groups excluding carboxylic acids is 1. The maximum atomic E-state index is 11.9. The number of carbonyl (C=O) groups is 1. The molecule has 2 N–H and O–H groups in total. The Morgan fingerprint density at radius 1 is 1.29 bits per heavy atom. The Balaban J connectivity index is 1.66. The van der Waals surface area contributed by atoms with E-state index in [2.05, 4.69) is 20.4 Å². The summed E-state index contributed by atoms with van der Waals surface area (Å²) in [5.74, 6) is -0.483. The van der Waals surface area contributed by atoms with Gasteiger partial charge in [0, 0.05) is 18.7 Å². The van der Waals surface area contributed by atoms with E-state index in [-0.39, 0.29) is 24.3 Å². The number of nitrogens with zero attached hydrogens (tertiary/aromatic N) is 3. The largest absolute Gasteiger partial charge is 0.349 e. The first-order valence-corrected chi connectivity index (χ1v) is 7.96. The molecule has 3 aromatic rings. The van der Waals surface area contributed by atoms with Gasteiger partial charge in [0.2, 0.25) is 0 Å². The van der Waals surface area contributed by atoms with Gasteiger partial charge in [0.15, 0.2) is 0 Å². The standard InChI is InChI=1S/C15H13N5O3S/c21-13-8-11(17-9-18-13)15(23)16-5-6-20-14(22)4-3-10(19-20)12-2-1-7-24-12/h1-4,7-9H,5-6H2,(H,16,23)(H,17,18,21). The fraction of sp³-hybridized carbons (Fsp3) is 0.133. The summed E-state index contributed by atoms with van der Waals surface area (Å²) in [6.07, 6.45) is 1.16. The average Bonchev–Trinajstić information content (AvgIpc) is 3.11. The van der Waals surface area contributed by atoms with Gasteiger partial charge in [0.05, 0.1) is 17.7 Å². The van der Waals surface area contributed by atoms with E-state index in [1.54, 1.807) is 6.07 Å². The van der Waals surface area contributed by atoms with E-state index in [1.165, 1.54) is 22.1 Å². The van der Waals surface area contributed by atoms with E-state index >= 15 is 0 Å². The molecule has 1 amide bonds. The second-order valence-corrected chi connectivity index (χ2v) is 5.76. The summed E-state index contributed by atoms with van der Waals surface area (Å²) < 4.78 is 1.29. The number of hydrogen-bond acceptors (Lipinski definition) is 6. The quantitative estimate of drug-likeness (QED) is 0.700. The van der Waals surface area contributed by atoms with Crippen molar-refractivity contribution in [1.29, 1.82) is 0 Å². The number of aromatic amines is 1. The molecule has 0 bridgehead atoms. The van der Waals surface area contributed by atoms with Crippen molar-refractivity contribution in [1.82, 2.24) is 25.1 Å². The minimum absolute atomic E-state index is 0.0198. The third-order valence-electron chi connectivity index (χ3n) is 3.16. The number of hydrogen-bond donors (Lipinski definition) is 2. The monoisotopic (exact) mass is 343 g/mol. The number of nitrogens with one attached hydrogen (secondary N) is 2. The van der Waals surface area contributed by atoms with Crippen LogP contribution in [0.2, 0.25) is 0 Å². The summed E-state index contributed by atoms with van der Waals surface area (Å²) in [4.78, 5) is 42.0. The van der Waals surface area contributed by atoms with Crippen LogP contribution >= 0.6 is 11.3 Å². The van der Waals surface area contributed by atoms with Gasteiger partial charge in [-0.3, -0.25) is 14.4 Å². The zero-order chi connectivity index (χ0) is 16.9. The van der Waals surface area contributed by atoms with Gasteiger partial charge >= 0.3 is 0 Å². The molecule has 0 aromatic carbocycles. The molecule has 0 spiro atoms. The Morgan fingerprint density at radius 2 is 2.17 bits per heavy atom. The van der Waals surface area contributed by atoms with Gasteiger partial charge in [0.1, 0.15) is 11.4 Å². The lowest BCUT2D eigenvalue weighted by Crippen LogP contribution is -2.32. The molecule has 0 aliphatic rings. The van der Waals surface area contributed by atoms with Crippen molar-refractivity contribution in [3.05, 3.63) is 68.4 Å². The number of H-pyrrole nitrogens is 1. The summed E-state index contributed by atoms with van der Waals surface area (Å²) in [6, 6.07) is 8.05. The molecular formula is C15H13N5O3S. The summed E-state index contributed by atoms with van der Waals surface area (Å²) in [6.45, 7) is 0.404. The van der Waals surface area contributed by atoms with Crippen LogP contribution in [0, 0.1) is 0 Å². The molecule has 0 aliphatic heterocycles. The van der Waals surface area contributed by atoms with Gasteiger partial charge in [-0.05, 0) is 17.5 Å². The normalized spacial score (nSPS) is 10.5. The molecule has 24 heavy (non-hydrogen) atoms. The molecule has 9 heteroatoms. The van der Waals surface area contributed by atoms with Crippen LogP contribution in [0.5, 0.6) is 0 Å². The first kappa shape index (κ1) is 15.8. The zero-order valence-corrected chi connectivity index (χ0v) is 13.2. The van der Waals surface area contributed by atoms with Crippen molar-refractivity contribution in [2.24, 2.45) is 0 Å². The molecule has 3 heterocycles. The van der Waals surface area contributed by atoms with Crippen molar-refractivity contribution in [3.63, 3.8) is 0 Å². The lowest BCUT2D eigenvalue weighted by atomic mass is 10.3. The summed E-state index contributed by atoms with van der Waals surface area (Å²) in [5.41, 5.74) is 0.0640. The maximum Gasteiger partial charge on any atom is 0.270 e. The highest BCUT2D eigenvalue weighted by Crippen LogP contribution is 2.20. The molecule has 0 fully saturated rings. The molecule has 0 unspecified atom stereocenters. The minimum Gasteiger partial charge on any atom is -0.349 e. The van der Waals surface area contributed by atoms with Crippen molar-refractivity contribution in [3.8, 4) is 10.6 Å². The Bertz CT molecular complexity index is 961. The number of rotatable bonds is 5. The summed E-state index contributed by atoms with van der Waals surface area (Å²) in [7, 11) is 0. The predicted molar refractivity (Wildman–Crippen MR) is 89.0 cm³/mol. The zero-order valence-electron chi connectivity index (χ0n) is 12.4. The number of amides is 1. The third-order valence-corrected chi connectivity index (χ3v) is 4.05. The van der Waals surface area contributed by atoms with E-state index in [0.717, 1.165) is 17.3 Å². The van der Waals surface area contributed by atoms with Gasteiger partial charge in [0.25, 0.3) is 17.0 Å². The van der Waals surface area contributed by atoms with E-state index in [0.29, 0.717) is 5.69 Å². The molecule has 3 rings (SSSR count). The maximum absolute atomic E-state index is 11.9. The first-order valence-electron chi connectivity index (χ1n) is 7.08. The second kappa shape index (κ2) is 7.01. The van der Waals surface area contributed by atoms with Gasteiger partial charge in [-0.15, -0.1) is 11.3 Å². The van der Waals surface area contributed by atoms with Gasteiger partial charge in [-0.1, -0.05) is 6.07 Å². The topological polar surface area (TPSA) is 110 Å². The summed E-state index contributed by atoms with van der Waals surface area (Å²) >= 11 is 1.53. The molecule has 0 aliphatic carbocycles. The second-order valence-electron chi connectivity index (χ2n) is 4.81. The van der Waals surface area contributed by atoms with Crippen molar-refractivity contribution < 1.29 is 4.79 Å². The van der Waals surface area contributed by atoms with Crippen molar-refractivity contribution >= 4 is 17.2 Å². The fourth-order valence-corrected chi connectivity index (χ4v) is 2.71. The Morgan fingerprint density at radius 3 is 2.92 bits per heavy atom. The SMILES string of the molecule is O=C(NCCn1nc(-c2cccs2)ccc1=O)c1cc(=O)[nH]cn1. The fourth-order valence-electron chi connectivity index (χ4n) is 2.02. The number of thiophene rings is 1. The first-order chi connectivity index (χ1) is 11.6. The van der Waals surface area contributed by atoms with E-state index in [4.69, 9.17) is 0 Å². The average molecular weight is 343 g/mol. The number of aromatic nitrogens is 4. The summed E-state index contributed by atoms with van der Waals surface area (Å²) in [5, 5.41) is 8.83. The van der Waals surface area contributed by atoms with Crippen LogP contribution in [0.1, 0.15) is 10.5 Å². The third kappa shape index (κ3) is 3.63. The van der Waals surface area contributed by atoms with Crippen LogP contribution in [-0.2, 0) is 6.54 Å². The van der Waals surface area contributed by atoms with Gasteiger partial charge in [-0.25, -0.2) is 9.67 Å². The van der Waals surface area contributed by atoms with Crippen LogP contribution in [0.3, 0.4) is 0 Å². The molecule has 0 radical (unpaired) electrons. The molecule has 0 saturated carbocycles. The Labute approximate surface area is 139 Å². The molecule has 8 nitrogen and oxygen atoms in total. The van der Waals surface area contributed by atoms with E-state index in [9.17, 15) is 14.4 Å². The lowest BCUT2D eigenvalue weighted by Gasteiger charge is -2.07. The van der Waals surface area contributed by atoms with E-state index in [1.807, 2.05) is 17.5 Å². The van der Waals surface area contributed by atoms with Crippen LogP contribution in [-0.4, -0.2) is 32.2 Å². The molecule has 122 valence electrons. The highest BCUT2D eigenvalue weighted by molar-refractivity contribution is 7.13. The van der Waals surface area contributed by atoms with Crippen LogP contribution in [0.4, 0.5) is 0 Å². The Kier molecular flexibility index (Phi) is 4.62. The van der Waals surface area contributed by atoms with E-state index < -0.39 is 11.5 Å². The molecule has 0 atom stereocenters. The molecule has 3 aromatic heterocycles. The predicted octanol–water partition coefficient (Wildman–Crippen LogP) is 0.485. The van der Waals surface area contributed by atoms with Crippen molar-refractivity contribution in [2.75, 3.05) is 6.54 Å². The molecular weight excluding hydrogens is 330 g/mol. The van der Waals surface area contributed by atoms with Crippen LogP contribution in [0.25, 0.3) is 10.6 Å².